The summed E-state index contributed by atoms with van der Waals surface area (Å²) in [4.78, 5) is 17.4. The fourth-order valence-electron chi connectivity index (χ4n) is 18.7. The maximum Gasteiger partial charge on any atom is 0.148 e. The molecule has 0 unspecified atom stereocenters. The molecule has 0 atom stereocenters. The summed E-state index contributed by atoms with van der Waals surface area (Å²) < 4.78 is 9.00. The molecular formula is C124H72N16. The number of nitriles is 8. The van der Waals surface area contributed by atoms with E-state index in [1.165, 1.54) is 0 Å². The predicted octanol–water partition coefficient (Wildman–Crippen LogP) is 29.0. The largest absolute Gasteiger partial charge is 0.309 e. The maximum atomic E-state index is 9.40. The molecule has 140 heavy (non-hydrogen) atoms. The lowest BCUT2D eigenvalue weighted by molar-refractivity contribution is 1.18. The highest BCUT2D eigenvalue weighted by Gasteiger charge is 2.21. The van der Waals surface area contributed by atoms with Crippen LogP contribution in [0.1, 0.15) is 44.6 Å². The molecule has 0 aliphatic carbocycles. The number of rotatable bonds is 12. The first-order valence-corrected chi connectivity index (χ1v) is 45.0. The van der Waals surface area contributed by atoms with Crippen LogP contribution in [-0.2, 0) is 0 Å². The summed E-state index contributed by atoms with van der Waals surface area (Å²) in [5.74, 6) is 0. The molecule has 16 heteroatoms. The number of aromatic nitrogens is 8. The number of benzene rings is 16. The SMILES string of the molecule is N#Cc1ccc(-c2ccc(-c3cccc(-n4c5ccccc5c5cc(C#N)ccc54)c3)cc2)nc1.N#Cc1ccc2c(c1)c1ccccc1n2-c1cccc(-c2ccc(-c3cccnc3C#N)cc2)c1.N#Cc1ccc2c(c1)c1ccccc1n2-c1cccc(-c2ccc(-c3ncccc3C#N)cc2)c1.N#Cc1ccnc(-c2ccc(-c3cccc(-n4c5ccccc5c5cc(C#N)ccc54)c3)cc2)c1. The van der Waals surface area contributed by atoms with Crippen LogP contribution in [-0.4, -0.2) is 38.2 Å². The van der Waals surface area contributed by atoms with E-state index in [1.807, 2.05) is 176 Å². The molecule has 0 spiro atoms. The topological polar surface area (TPSA) is 262 Å². The first kappa shape index (κ1) is 86.0. The molecule has 0 saturated carbocycles. The molecule has 24 rings (SSSR count). The van der Waals surface area contributed by atoms with E-state index in [2.05, 4.69) is 293 Å². The lowest BCUT2D eigenvalue weighted by atomic mass is 9.99. The highest BCUT2D eigenvalue weighted by Crippen LogP contribution is 2.42. The summed E-state index contributed by atoms with van der Waals surface area (Å²) in [6.07, 6.45) is 6.60. The van der Waals surface area contributed by atoms with Crippen molar-refractivity contribution in [3.63, 3.8) is 0 Å². The quantitative estimate of drug-likeness (QED) is 0.111. The van der Waals surface area contributed by atoms with E-state index in [4.69, 9.17) is 5.26 Å². The van der Waals surface area contributed by atoms with Crippen LogP contribution < -0.4 is 0 Å². The van der Waals surface area contributed by atoms with Gasteiger partial charge in [-0.15, -0.1) is 0 Å². The Hall–Kier alpha value is -20.8. The van der Waals surface area contributed by atoms with Crippen LogP contribution in [0.15, 0.2) is 437 Å². The number of pyridine rings is 4. The van der Waals surface area contributed by atoms with Crippen molar-refractivity contribution in [2.45, 2.75) is 0 Å². The van der Waals surface area contributed by atoms with Crippen molar-refractivity contribution in [1.82, 2.24) is 38.2 Å². The standard InChI is InChI=1S/4C31H18N4/c32-19-21-10-15-30-28(17-21)27-8-1-2-9-29(27)35(30)26-7-3-5-24(18-26)22-11-13-23(14-12-22)31-25(20-33)6-4-16-34-31;32-19-21-10-15-31-28(17-21)27-7-1-2-9-30(27)35(31)25-6-3-5-24(18-25)22-11-13-23(14-12-22)26-8-4-16-34-29(26)20-33;32-18-21-9-15-31-28(16-21)27-6-1-2-7-30(27)35(31)26-5-3-4-25(17-26)23-10-12-24(13-11-23)29-14-8-22(19-33)20-34-29;32-19-21-8-13-31-28(16-21)27-6-1-2-7-30(27)35(31)26-5-3-4-25(18-26)23-9-11-24(12-10-23)29-17-22(20-33)14-15-34-29/h2*1-18H;1-17,20H;1-18H. The fourth-order valence-corrected chi connectivity index (χ4v) is 18.7. The van der Waals surface area contributed by atoms with Crippen LogP contribution in [0.5, 0.6) is 0 Å². The van der Waals surface area contributed by atoms with Gasteiger partial charge in [0.1, 0.15) is 23.9 Å². The van der Waals surface area contributed by atoms with Crippen molar-refractivity contribution < 1.29 is 0 Å². The smallest absolute Gasteiger partial charge is 0.148 e. The van der Waals surface area contributed by atoms with Crippen LogP contribution in [0, 0.1) is 90.6 Å². The maximum absolute atomic E-state index is 9.40. The summed E-state index contributed by atoms with van der Waals surface area (Å²) in [7, 11) is 0. The Kier molecular flexibility index (Phi) is 23.2. The van der Waals surface area contributed by atoms with E-state index >= 15 is 0 Å². The first-order valence-electron chi connectivity index (χ1n) is 45.0. The monoisotopic (exact) mass is 1780 g/mol. The van der Waals surface area contributed by atoms with Gasteiger partial charge in [-0.2, -0.15) is 42.1 Å². The molecule has 0 bridgehead atoms. The molecular weight excluding hydrogens is 1710 g/mol. The molecule has 0 aliphatic rings. The minimum absolute atomic E-state index is 0.424. The van der Waals surface area contributed by atoms with Crippen LogP contribution in [0.2, 0.25) is 0 Å². The van der Waals surface area contributed by atoms with Crippen molar-refractivity contribution >= 4 is 87.2 Å². The second-order valence-electron chi connectivity index (χ2n) is 33.4. The number of nitrogens with zero attached hydrogens (tertiary/aromatic N) is 16. The molecule has 24 aromatic rings. The Morgan fingerprint density at radius 3 is 0.857 bits per heavy atom. The van der Waals surface area contributed by atoms with Gasteiger partial charge in [-0.3, -0.25) is 15.0 Å². The molecule has 16 aromatic carbocycles. The second kappa shape index (κ2) is 37.8. The molecule has 648 valence electrons. The van der Waals surface area contributed by atoms with E-state index in [-0.39, 0.29) is 0 Å². The van der Waals surface area contributed by atoms with Gasteiger partial charge in [0.25, 0.3) is 0 Å². The van der Waals surface area contributed by atoms with Crippen molar-refractivity contribution in [2.24, 2.45) is 0 Å². The summed E-state index contributed by atoms with van der Waals surface area (Å²) >= 11 is 0. The molecule has 0 radical (unpaired) electrons. The zero-order valence-corrected chi connectivity index (χ0v) is 74.7. The third-order valence-corrected chi connectivity index (χ3v) is 25.3. The van der Waals surface area contributed by atoms with Gasteiger partial charge in [-0.05, 0) is 244 Å². The molecule has 0 amide bonds. The van der Waals surface area contributed by atoms with Crippen molar-refractivity contribution in [1.29, 1.82) is 42.1 Å². The van der Waals surface area contributed by atoms with Crippen molar-refractivity contribution in [3.05, 3.63) is 482 Å². The number of fused-ring (bicyclic) bond motifs is 12. The lowest BCUT2D eigenvalue weighted by Gasteiger charge is -2.11. The Bertz CT molecular complexity index is 9140. The van der Waals surface area contributed by atoms with Gasteiger partial charge in [0.2, 0.25) is 0 Å². The Morgan fingerprint density at radius 1 is 0.179 bits per heavy atom. The predicted molar refractivity (Wildman–Crippen MR) is 556 cm³/mol. The summed E-state index contributed by atoms with van der Waals surface area (Å²) in [5, 5.41) is 83.3. The van der Waals surface area contributed by atoms with E-state index in [9.17, 15) is 36.8 Å². The van der Waals surface area contributed by atoms with E-state index in [1.54, 1.807) is 55.1 Å². The average Bonchev–Trinajstić information content (AvgIpc) is 1.61. The third-order valence-electron chi connectivity index (χ3n) is 25.3. The lowest BCUT2D eigenvalue weighted by Crippen LogP contribution is -1.94. The van der Waals surface area contributed by atoms with Gasteiger partial charge in [0.15, 0.2) is 0 Å². The Morgan fingerprint density at radius 2 is 0.500 bits per heavy atom. The highest BCUT2D eigenvalue weighted by atomic mass is 15.0. The van der Waals surface area contributed by atoms with Crippen LogP contribution >= 0.6 is 0 Å². The second-order valence-corrected chi connectivity index (χ2v) is 33.4. The molecule has 8 aromatic heterocycles. The van der Waals surface area contributed by atoms with Crippen LogP contribution in [0.3, 0.4) is 0 Å². The molecule has 0 N–H and O–H groups in total. The molecule has 0 fully saturated rings. The third kappa shape index (κ3) is 16.6. The molecule has 8 heterocycles. The molecule has 16 nitrogen and oxygen atoms in total. The number of hydrogen-bond acceptors (Lipinski definition) is 12. The van der Waals surface area contributed by atoms with Crippen LogP contribution in [0.25, 0.3) is 199 Å². The average molecular weight is 1790 g/mol. The van der Waals surface area contributed by atoms with Gasteiger partial charge in [0.05, 0.1) is 131 Å². The summed E-state index contributed by atoms with van der Waals surface area (Å²) in [5.41, 5.74) is 33.5. The number of hydrogen-bond donors (Lipinski definition) is 0. The Balaban J connectivity index is 0.000000111. The van der Waals surface area contributed by atoms with Gasteiger partial charge < -0.3 is 18.3 Å². The van der Waals surface area contributed by atoms with Gasteiger partial charge >= 0.3 is 0 Å². The zero-order valence-electron chi connectivity index (χ0n) is 74.7. The Labute approximate surface area is 804 Å². The summed E-state index contributed by atoms with van der Waals surface area (Å²) in [6, 6.07) is 156. The molecule has 0 saturated heterocycles. The van der Waals surface area contributed by atoms with E-state index in [0.29, 0.717) is 50.3 Å². The van der Waals surface area contributed by atoms with Gasteiger partial charge in [-0.25, -0.2) is 4.98 Å². The normalized spacial score (nSPS) is 10.8. The van der Waals surface area contributed by atoms with Crippen molar-refractivity contribution in [2.75, 3.05) is 0 Å². The minimum atomic E-state index is 0.424. The van der Waals surface area contributed by atoms with E-state index in [0.717, 1.165) is 194 Å². The van der Waals surface area contributed by atoms with E-state index < -0.39 is 0 Å². The summed E-state index contributed by atoms with van der Waals surface area (Å²) in [6.45, 7) is 0. The van der Waals surface area contributed by atoms with Crippen LogP contribution in [0.4, 0.5) is 0 Å². The fraction of sp³-hybridized carbons (Fsp3) is 0. The zero-order chi connectivity index (χ0) is 95.1. The van der Waals surface area contributed by atoms with Crippen molar-refractivity contribution in [3.8, 4) is 161 Å². The minimum Gasteiger partial charge on any atom is -0.309 e. The first-order chi connectivity index (χ1) is 69.0. The highest BCUT2D eigenvalue weighted by molar-refractivity contribution is 6.13. The van der Waals surface area contributed by atoms with Gasteiger partial charge in [-0.1, -0.05) is 218 Å². The number of para-hydroxylation sites is 4. The molecule has 0 aliphatic heterocycles. The van der Waals surface area contributed by atoms with Gasteiger partial charge in [0, 0.05) is 113 Å².